The maximum Gasteiger partial charge on any atom is 0.230 e. The molecule has 0 atom stereocenters. The Balaban J connectivity index is 1.74. The van der Waals surface area contributed by atoms with E-state index in [9.17, 15) is 0 Å². The van der Waals surface area contributed by atoms with Crippen LogP contribution in [0.15, 0.2) is 46.6 Å². The molecule has 0 fully saturated rings. The minimum atomic E-state index is 0.377. The van der Waals surface area contributed by atoms with E-state index in [0.29, 0.717) is 5.88 Å². The van der Waals surface area contributed by atoms with Gasteiger partial charge >= 0.3 is 0 Å². The molecule has 0 aliphatic carbocycles. The Kier molecular flexibility index (Phi) is 3.78. The Morgan fingerprint density at radius 2 is 2.00 bits per heavy atom. The molecule has 0 amide bonds. The molecule has 0 aliphatic heterocycles. The molecule has 0 saturated heterocycles. The van der Waals surface area contributed by atoms with Crippen LogP contribution < -0.4 is 5.73 Å². The molecule has 0 unspecified atom stereocenters. The first-order valence-corrected chi connectivity index (χ1v) is 7.39. The summed E-state index contributed by atoms with van der Waals surface area (Å²) < 4.78 is 5.15. The number of thiophene rings is 1. The molecule has 102 valence electrons. The van der Waals surface area contributed by atoms with Crippen molar-refractivity contribution in [1.29, 1.82) is 0 Å². The number of aryl methyl sites for hydroxylation is 2. The van der Waals surface area contributed by atoms with Gasteiger partial charge in [0.25, 0.3) is 0 Å². The predicted molar refractivity (Wildman–Crippen MR) is 80.5 cm³/mol. The maximum atomic E-state index is 5.89. The highest BCUT2D eigenvalue weighted by molar-refractivity contribution is 7.09. The number of pyridine rings is 1. The average molecular weight is 285 g/mol. The lowest BCUT2D eigenvalue weighted by Gasteiger charge is -2.02. The van der Waals surface area contributed by atoms with E-state index in [2.05, 4.69) is 27.7 Å². The second-order valence-electron chi connectivity index (χ2n) is 4.54. The molecule has 0 saturated carbocycles. The van der Waals surface area contributed by atoms with Gasteiger partial charge < -0.3 is 10.3 Å². The van der Waals surface area contributed by atoms with Crippen LogP contribution in [0.4, 0.5) is 5.88 Å². The van der Waals surface area contributed by atoms with Gasteiger partial charge in [0.1, 0.15) is 0 Å². The molecule has 2 N–H and O–H groups in total. The van der Waals surface area contributed by atoms with Gasteiger partial charge in [0.2, 0.25) is 5.88 Å². The lowest BCUT2D eigenvalue weighted by molar-refractivity contribution is 0.426. The summed E-state index contributed by atoms with van der Waals surface area (Å²) in [6.07, 6.45) is 6.44. The van der Waals surface area contributed by atoms with Crippen molar-refractivity contribution in [2.75, 3.05) is 5.73 Å². The van der Waals surface area contributed by atoms with Crippen LogP contribution in [0.5, 0.6) is 0 Å². The van der Waals surface area contributed by atoms with E-state index in [1.165, 1.54) is 4.88 Å². The third-order valence-corrected chi connectivity index (χ3v) is 4.11. The smallest absolute Gasteiger partial charge is 0.230 e. The summed E-state index contributed by atoms with van der Waals surface area (Å²) in [5.74, 6) is 0.377. The van der Waals surface area contributed by atoms with Crippen molar-refractivity contribution in [2.24, 2.45) is 0 Å². The number of rotatable bonds is 5. The molecule has 0 radical (unpaired) electrons. The highest BCUT2D eigenvalue weighted by atomic mass is 32.1. The van der Waals surface area contributed by atoms with Gasteiger partial charge in [-0.15, -0.1) is 11.3 Å². The quantitative estimate of drug-likeness (QED) is 0.778. The van der Waals surface area contributed by atoms with E-state index in [4.69, 9.17) is 10.3 Å². The monoisotopic (exact) mass is 285 g/mol. The Morgan fingerprint density at radius 3 is 2.75 bits per heavy atom. The molecule has 3 aromatic heterocycles. The fourth-order valence-corrected chi connectivity index (χ4v) is 2.97. The minimum Gasteiger partial charge on any atom is -0.367 e. The number of nitrogens with zero attached hydrogens (tertiary/aromatic N) is 2. The van der Waals surface area contributed by atoms with Crippen LogP contribution in [-0.2, 0) is 12.8 Å². The first-order chi connectivity index (χ1) is 9.84. The topological polar surface area (TPSA) is 64.9 Å². The molecule has 0 aromatic carbocycles. The largest absolute Gasteiger partial charge is 0.367 e. The SMILES string of the molecule is Nc1onc(CCCc2cccs2)c1-c1ccncc1. The van der Waals surface area contributed by atoms with Crippen LogP contribution in [0, 0.1) is 0 Å². The van der Waals surface area contributed by atoms with Gasteiger partial charge in [-0.1, -0.05) is 11.2 Å². The lowest BCUT2D eigenvalue weighted by atomic mass is 10.0. The molecule has 3 rings (SSSR count). The summed E-state index contributed by atoms with van der Waals surface area (Å²) in [6.45, 7) is 0. The summed E-state index contributed by atoms with van der Waals surface area (Å²) in [4.78, 5) is 5.42. The van der Waals surface area contributed by atoms with Crippen molar-refractivity contribution >= 4 is 17.2 Å². The Labute approximate surface area is 121 Å². The molecular formula is C15H15N3OS. The molecule has 20 heavy (non-hydrogen) atoms. The molecule has 3 aromatic rings. The van der Waals surface area contributed by atoms with E-state index >= 15 is 0 Å². The van der Waals surface area contributed by atoms with Crippen molar-refractivity contribution < 1.29 is 4.52 Å². The molecule has 0 bridgehead atoms. The number of nitrogen functional groups attached to an aromatic ring is 1. The van der Waals surface area contributed by atoms with Crippen molar-refractivity contribution in [1.82, 2.24) is 10.1 Å². The van der Waals surface area contributed by atoms with E-state index in [1.54, 1.807) is 23.7 Å². The van der Waals surface area contributed by atoms with Crippen LogP contribution >= 0.6 is 11.3 Å². The van der Waals surface area contributed by atoms with Crippen molar-refractivity contribution in [2.45, 2.75) is 19.3 Å². The van der Waals surface area contributed by atoms with Crippen LogP contribution in [0.1, 0.15) is 17.0 Å². The van der Waals surface area contributed by atoms with Crippen LogP contribution in [-0.4, -0.2) is 10.1 Å². The van der Waals surface area contributed by atoms with Gasteiger partial charge in [-0.25, -0.2) is 0 Å². The highest BCUT2D eigenvalue weighted by Gasteiger charge is 2.15. The van der Waals surface area contributed by atoms with Gasteiger partial charge in [0.15, 0.2) is 0 Å². The first-order valence-electron chi connectivity index (χ1n) is 6.51. The van der Waals surface area contributed by atoms with Crippen LogP contribution in [0.25, 0.3) is 11.1 Å². The minimum absolute atomic E-state index is 0.377. The Hall–Kier alpha value is -2.14. The lowest BCUT2D eigenvalue weighted by Crippen LogP contribution is -1.93. The second-order valence-corrected chi connectivity index (χ2v) is 5.57. The summed E-state index contributed by atoms with van der Waals surface area (Å²) in [6, 6.07) is 8.08. The number of hydrogen-bond donors (Lipinski definition) is 1. The summed E-state index contributed by atoms with van der Waals surface area (Å²) >= 11 is 1.79. The molecule has 3 heterocycles. The van der Waals surface area contributed by atoms with E-state index < -0.39 is 0 Å². The zero-order valence-corrected chi connectivity index (χ0v) is 11.8. The van der Waals surface area contributed by atoms with Crippen molar-refractivity contribution in [3.8, 4) is 11.1 Å². The highest BCUT2D eigenvalue weighted by Crippen LogP contribution is 2.30. The fraction of sp³-hybridized carbons (Fsp3) is 0.200. The van der Waals surface area contributed by atoms with Gasteiger partial charge in [0, 0.05) is 17.3 Å². The third kappa shape index (κ3) is 2.72. The summed E-state index contributed by atoms with van der Waals surface area (Å²) in [7, 11) is 0. The standard InChI is InChI=1S/C15H15N3OS/c16-15-14(11-6-8-17-9-7-11)13(18-19-15)5-1-3-12-4-2-10-20-12/h2,4,6-10H,1,3,5,16H2. The maximum absolute atomic E-state index is 5.89. The Bertz CT molecular complexity index is 662. The van der Waals surface area contributed by atoms with E-state index in [-0.39, 0.29) is 0 Å². The van der Waals surface area contributed by atoms with Gasteiger partial charge in [0.05, 0.1) is 11.3 Å². The summed E-state index contributed by atoms with van der Waals surface area (Å²) in [5.41, 5.74) is 8.72. The van der Waals surface area contributed by atoms with E-state index in [0.717, 1.165) is 36.1 Å². The zero-order valence-electron chi connectivity index (χ0n) is 11.0. The molecule has 0 spiro atoms. The van der Waals surface area contributed by atoms with Gasteiger partial charge in [-0.3, -0.25) is 4.98 Å². The fourth-order valence-electron chi connectivity index (χ4n) is 2.22. The van der Waals surface area contributed by atoms with Crippen LogP contribution in [0.3, 0.4) is 0 Å². The van der Waals surface area contributed by atoms with E-state index in [1.807, 2.05) is 12.1 Å². The average Bonchev–Trinajstić information content (AvgIpc) is 3.10. The van der Waals surface area contributed by atoms with Gasteiger partial charge in [-0.2, -0.15) is 0 Å². The number of hydrogen-bond acceptors (Lipinski definition) is 5. The normalized spacial score (nSPS) is 10.8. The number of anilines is 1. The molecule has 5 heteroatoms. The number of aromatic nitrogens is 2. The summed E-state index contributed by atoms with van der Waals surface area (Å²) in [5, 5.41) is 6.20. The molecule has 0 aliphatic rings. The van der Waals surface area contributed by atoms with Crippen molar-refractivity contribution in [3.05, 3.63) is 52.6 Å². The first kappa shape index (κ1) is 12.9. The second kappa shape index (κ2) is 5.88. The third-order valence-electron chi connectivity index (χ3n) is 3.18. The molecule has 4 nitrogen and oxygen atoms in total. The predicted octanol–water partition coefficient (Wildman–Crippen LogP) is 3.56. The van der Waals surface area contributed by atoms with Crippen LogP contribution in [0.2, 0.25) is 0 Å². The number of nitrogens with two attached hydrogens (primary N) is 1. The molecular weight excluding hydrogens is 270 g/mol. The zero-order chi connectivity index (χ0) is 13.8. The van der Waals surface area contributed by atoms with Crippen molar-refractivity contribution in [3.63, 3.8) is 0 Å². The Morgan fingerprint density at radius 1 is 1.15 bits per heavy atom. The van der Waals surface area contributed by atoms with Gasteiger partial charge in [-0.05, 0) is 48.4 Å².